The van der Waals surface area contributed by atoms with Crippen molar-refractivity contribution in [3.63, 3.8) is 0 Å². The summed E-state index contributed by atoms with van der Waals surface area (Å²) in [7, 11) is 1.41. The van der Waals surface area contributed by atoms with Gasteiger partial charge in [-0.3, -0.25) is 4.79 Å². The Labute approximate surface area is 71.2 Å². The van der Waals surface area contributed by atoms with E-state index in [4.69, 9.17) is 11.6 Å². The molecule has 0 saturated carbocycles. The first-order valence-electron chi connectivity index (χ1n) is 3.66. The van der Waals surface area contributed by atoms with Gasteiger partial charge >= 0.3 is 5.97 Å². The summed E-state index contributed by atoms with van der Waals surface area (Å²) in [6, 6.07) is 0. The summed E-state index contributed by atoms with van der Waals surface area (Å²) in [6.07, 6.45) is 4.36. The van der Waals surface area contributed by atoms with Gasteiger partial charge in [0, 0.05) is 5.03 Å². The van der Waals surface area contributed by atoms with Gasteiger partial charge in [0.05, 0.1) is 13.0 Å². The van der Waals surface area contributed by atoms with Crippen molar-refractivity contribution in [3.05, 3.63) is 11.1 Å². The fourth-order valence-electron chi connectivity index (χ4n) is 1.23. The Kier molecular flexibility index (Phi) is 2.94. The Morgan fingerprint density at radius 2 is 2.55 bits per heavy atom. The Morgan fingerprint density at radius 1 is 1.82 bits per heavy atom. The number of methoxy groups -OCH3 is 1. The predicted molar refractivity (Wildman–Crippen MR) is 43.3 cm³/mol. The second-order valence-corrected chi connectivity index (χ2v) is 3.14. The van der Waals surface area contributed by atoms with E-state index >= 15 is 0 Å². The smallest absolute Gasteiger partial charge is 0.309 e. The van der Waals surface area contributed by atoms with Crippen molar-refractivity contribution in [1.82, 2.24) is 0 Å². The van der Waals surface area contributed by atoms with Gasteiger partial charge in [-0.05, 0) is 19.3 Å². The minimum absolute atomic E-state index is 0.0162. The Bertz CT molecular complexity index is 187. The van der Waals surface area contributed by atoms with Crippen molar-refractivity contribution in [2.75, 3.05) is 7.11 Å². The van der Waals surface area contributed by atoms with Crippen LogP contribution in [0.25, 0.3) is 0 Å². The third-order valence-corrected chi connectivity index (χ3v) is 2.17. The van der Waals surface area contributed by atoms with Crippen LogP contribution in [0.4, 0.5) is 0 Å². The van der Waals surface area contributed by atoms with Crippen LogP contribution in [0.15, 0.2) is 11.1 Å². The molecule has 0 N–H and O–H groups in total. The number of carbonyl (C=O) groups excluding carboxylic acids is 1. The molecule has 2 nitrogen and oxygen atoms in total. The zero-order valence-electron chi connectivity index (χ0n) is 6.47. The summed E-state index contributed by atoms with van der Waals surface area (Å²) in [5.74, 6) is -0.159. The van der Waals surface area contributed by atoms with Crippen molar-refractivity contribution >= 4 is 17.6 Å². The lowest BCUT2D eigenvalue weighted by molar-refractivity contribution is -0.145. The van der Waals surface area contributed by atoms with Crippen LogP contribution in [0.5, 0.6) is 0 Å². The van der Waals surface area contributed by atoms with Crippen molar-refractivity contribution in [2.24, 2.45) is 5.92 Å². The van der Waals surface area contributed by atoms with E-state index in [0.29, 0.717) is 6.42 Å². The molecule has 1 unspecified atom stereocenters. The molecule has 1 aliphatic rings. The van der Waals surface area contributed by atoms with Crippen LogP contribution in [0, 0.1) is 5.92 Å². The summed E-state index contributed by atoms with van der Waals surface area (Å²) in [6.45, 7) is 0. The lowest BCUT2D eigenvalue weighted by atomic mass is 9.94. The first-order valence-corrected chi connectivity index (χ1v) is 4.04. The molecule has 0 fully saturated rings. The van der Waals surface area contributed by atoms with E-state index in [1.165, 1.54) is 7.11 Å². The average Bonchev–Trinajstić information content (AvgIpc) is 2.03. The number of rotatable bonds is 1. The Morgan fingerprint density at radius 3 is 3.09 bits per heavy atom. The summed E-state index contributed by atoms with van der Waals surface area (Å²) < 4.78 is 4.61. The molecule has 62 valence electrons. The Hall–Kier alpha value is -0.500. The topological polar surface area (TPSA) is 26.3 Å². The molecule has 1 atom stereocenters. The molecule has 0 spiro atoms. The second kappa shape index (κ2) is 3.77. The molecule has 0 aliphatic heterocycles. The minimum atomic E-state index is -0.142. The normalized spacial score (nSPS) is 24.2. The van der Waals surface area contributed by atoms with E-state index in [1.807, 2.05) is 6.08 Å². The van der Waals surface area contributed by atoms with Crippen LogP contribution in [0.3, 0.4) is 0 Å². The molecule has 0 heterocycles. The number of ether oxygens (including phenoxy) is 1. The lowest BCUT2D eigenvalue weighted by Gasteiger charge is -2.16. The van der Waals surface area contributed by atoms with Crippen LogP contribution in [-0.4, -0.2) is 13.1 Å². The fourth-order valence-corrected chi connectivity index (χ4v) is 1.53. The van der Waals surface area contributed by atoms with Gasteiger partial charge < -0.3 is 4.74 Å². The molecule has 11 heavy (non-hydrogen) atoms. The monoisotopic (exact) mass is 174 g/mol. The summed E-state index contributed by atoms with van der Waals surface area (Å²) in [5.41, 5.74) is 0. The molecule has 1 aliphatic carbocycles. The van der Waals surface area contributed by atoms with E-state index in [2.05, 4.69) is 4.74 Å². The number of halogens is 1. The average molecular weight is 175 g/mol. The first kappa shape index (κ1) is 8.60. The molecule has 0 aromatic carbocycles. The van der Waals surface area contributed by atoms with Gasteiger partial charge in [0.15, 0.2) is 0 Å². The maximum atomic E-state index is 11.0. The highest BCUT2D eigenvalue weighted by Crippen LogP contribution is 2.26. The molecule has 0 radical (unpaired) electrons. The van der Waals surface area contributed by atoms with E-state index in [0.717, 1.165) is 17.9 Å². The number of hydrogen-bond donors (Lipinski definition) is 0. The zero-order chi connectivity index (χ0) is 8.27. The van der Waals surface area contributed by atoms with Crippen LogP contribution in [0.2, 0.25) is 0 Å². The van der Waals surface area contributed by atoms with Gasteiger partial charge in [0.1, 0.15) is 0 Å². The molecule has 1 rings (SSSR count). The van der Waals surface area contributed by atoms with E-state index in [1.54, 1.807) is 0 Å². The number of hydrogen-bond acceptors (Lipinski definition) is 2. The van der Waals surface area contributed by atoms with Crippen LogP contribution >= 0.6 is 11.6 Å². The van der Waals surface area contributed by atoms with Crippen molar-refractivity contribution < 1.29 is 9.53 Å². The highest BCUT2D eigenvalue weighted by Gasteiger charge is 2.22. The van der Waals surface area contributed by atoms with Crippen molar-refractivity contribution in [1.29, 1.82) is 0 Å². The summed E-state index contributed by atoms with van der Waals surface area (Å²) in [4.78, 5) is 11.0. The molecular formula is C8H11ClO2. The van der Waals surface area contributed by atoms with Gasteiger partial charge in [0.25, 0.3) is 0 Å². The molecule has 0 amide bonds. The van der Waals surface area contributed by atoms with Gasteiger partial charge in [-0.25, -0.2) is 0 Å². The third kappa shape index (κ3) is 2.22. The van der Waals surface area contributed by atoms with Crippen LogP contribution in [-0.2, 0) is 9.53 Å². The maximum absolute atomic E-state index is 11.0. The van der Waals surface area contributed by atoms with Crippen molar-refractivity contribution in [2.45, 2.75) is 19.3 Å². The van der Waals surface area contributed by atoms with E-state index < -0.39 is 0 Å². The second-order valence-electron chi connectivity index (χ2n) is 2.65. The van der Waals surface area contributed by atoms with Gasteiger partial charge in [-0.15, -0.1) is 0 Å². The maximum Gasteiger partial charge on any atom is 0.309 e. The molecule has 3 heteroatoms. The number of carbonyl (C=O) groups is 1. The fraction of sp³-hybridized carbons (Fsp3) is 0.625. The van der Waals surface area contributed by atoms with Gasteiger partial charge in [0.2, 0.25) is 0 Å². The highest BCUT2D eigenvalue weighted by molar-refractivity contribution is 6.29. The van der Waals surface area contributed by atoms with Crippen molar-refractivity contribution in [3.8, 4) is 0 Å². The lowest BCUT2D eigenvalue weighted by Crippen LogP contribution is -2.18. The molecule has 0 bridgehead atoms. The van der Waals surface area contributed by atoms with Gasteiger partial charge in [-0.2, -0.15) is 0 Å². The summed E-state index contributed by atoms with van der Waals surface area (Å²) in [5, 5.41) is 0.784. The SMILES string of the molecule is COC(=O)C1CCC=C(Cl)C1. The molecule has 0 saturated heterocycles. The number of esters is 1. The molecule has 0 aromatic heterocycles. The van der Waals surface area contributed by atoms with E-state index in [9.17, 15) is 4.79 Å². The van der Waals surface area contributed by atoms with Crippen LogP contribution < -0.4 is 0 Å². The molecular weight excluding hydrogens is 164 g/mol. The molecule has 0 aromatic rings. The third-order valence-electron chi connectivity index (χ3n) is 1.86. The quantitative estimate of drug-likeness (QED) is 0.569. The predicted octanol–water partition coefficient (Wildman–Crippen LogP) is 2.08. The standard InChI is InChI=1S/C8H11ClO2/c1-11-8(10)6-3-2-4-7(9)5-6/h4,6H,2-3,5H2,1H3. The number of allylic oxidation sites excluding steroid dienone is 2. The zero-order valence-corrected chi connectivity index (χ0v) is 7.23. The first-order chi connectivity index (χ1) is 5.24. The van der Waals surface area contributed by atoms with Gasteiger partial charge in [-0.1, -0.05) is 17.7 Å². The highest BCUT2D eigenvalue weighted by atomic mass is 35.5. The van der Waals surface area contributed by atoms with E-state index in [-0.39, 0.29) is 11.9 Å². The summed E-state index contributed by atoms with van der Waals surface area (Å²) >= 11 is 5.77. The largest absolute Gasteiger partial charge is 0.469 e. The minimum Gasteiger partial charge on any atom is -0.469 e. The van der Waals surface area contributed by atoms with Crippen LogP contribution in [0.1, 0.15) is 19.3 Å². The Balaban J connectivity index is 2.50.